The minimum absolute atomic E-state index is 0.214. The van der Waals surface area contributed by atoms with Crippen LogP contribution >= 0.6 is 0 Å². The lowest BCUT2D eigenvalue weighted by Gasteiger charge is -2.32. The van der Waals surface area contributed by atoms with Crippen molar-refractivity contribution in [3.05, 3.63) is 71.3 Å². The molecule has 0 aromatic heterocycles. The molecule has 2 fully saturated rings. The van der Waals surface area contributed by atoms with Gasteiger partial charge in [-0.25, -0.2) is 4.79 Å². The molecule has 5 nitrogen and oxygen atoms in total. The quantitative estimate of drug-likeness (QED) is 0.852. The Morgan fingerprint density at radius 2 is 1.77 bits per heavy atom. The first-order valence-electron chi connectivity index (χ1n) is 8.88. The number of likely N-dealkylation sites (tertiary alicyclic amines) is 1. The highest BCUT2D eigenvalue weighted by Gasteiger charge is 2.51. The number of carbonyl (C=O) groups is 1. The van der Waals surface area contributed by atoms with Crippen molar-refractivity contribution in [1.82, 2.24) is 9.80 Å². The average Bonchev–Trinajstić information content (AvgIpc) is 3.22. The van der Waals surface area contributed by atoms with Crippen LogP contribution in [0.2, 0.25) is 0 Å². The minimum Gasteiger partial charge on any atom is -0.447 e. The van der Waals surface area contributed by atoms with Crippen LogP contribution in [-0.2, 0) is 17.8 Å². The van der Waals surface area contributed by atoms with E-state index in [0.29, 0.717) is 18.7 Å². The number of cyclic esters (lactones) is 1. The van der Waals surface area contributed by atoms with E-state index in [0.717, 1.165) is 31.6 Å². The highest BCUT2D eigenvalue weighted by molar-refractivity contribution is 5.71. The molecule has 0 N–H and O–H groups in total. The summed E-state index contributed by atoms with van der Waals surface area (Å²) in [7, 11) is 0. The molecule has 4 rings (SSSR count). The second kappa shape index (κ2) is 6.81. The zero-order valence-corrected chi connectivity index (χ0v) is 14.6. The summed E-state index contributed by atoms with van der Waals surface area (Å²) in [6.07, 6.45) is 0.705. The molecule has 2 aliphatic rings. The third-order valence-corrected chi connectivity index (χ3v) is 5.34. The Morgan fingerprint density at radius 3 is 2.50 bits per heavy atom. The molecule has 0 radical (unpaired) electrons. The van der Waals surface area contributed by atoms with Gasteiger partial charge in [0.2, 0.25) is 0 Å². The van der Waals surface area contributed by atoms with E-state index in [9.17, 15) is 4.79 Å². The van der Waals surface area contributed by atoms with Gasteiger partial charge < -0.3 is 4.74 Å². The van der Waals surface area contributed by atoms with E-state index in [1.165, 1.54) is 5.56 Å². The van der Waals surface area contributed by atoms with E-state index < -0.39 is 0 Å². The summed E-state index contributed by atoms with van der Waals surface area (Å²) >= 11 is 0. The lowest BCUT2D eigenvalue weighted by Crippen LogP contribution is -2.48. The molecule has 0 aliphatic carbocycles. The van der Waals surface area contributed by atoms with Crippen LogP contribution in [0.5, 0.6) is 0 Å². The van der Waals surface area contributed by atoms with Crippen LogP contribution in [0.25, 0.3) is 0 Å². The van der Waals surface area contributed by atoms with Crippen molar-refractivity contribution in [3.8, 4) is 6.07 Å². The predicted molar refractivity (Wildman–Crippen MR) is 97.1 cm³/mol. The van der Waals surface area contributed by atoms with Crippen molar-refractivity contribution in [2.45, 2.75) is 25.0 Å². The summed E-state index contributed by atoms with van der Waals surface area (Å²) in [4.78, 5) is 16.6. The maximum Gasteiger partial charge on any atom is 0.410 e. The number of carbonyl (C=O) groups excluding carboxylic acids is 1. The van der Waals surface area contributed by atoms with Gasteiger partial charge in [-0.2, -0.15) is 5.26 Å². The number of hydrogen-bond acceptors (Lipinski definition) is 4. The Kier molecular flexibility index (Phi) is 4.36. The van der Waals surface area contributed by atoms with E-state index >= 15 is 0 Å². The monoisotopic (exact) mass is 347 g/mol. The van der Waals surface area contributed by atoms with Gasteiger partial charge in [0.25, 0.3) is 0 Å². The van der Waals surface area contributed by atoms with E-state index in [-0.39, 0.29) is 11.6 Å². The molecule has 2 heterocycles. The van der Waals surface area contributed by atoms with Crippen molar-refractivity contribution < 1.29 is 9.53 Å². The fraction of sp³-hybridized carbons (Fsp3) is 0.333. The second-order valence-electron chi connectivity index (χ2n) is 7.12. The number of benzene rings is 2. The Morgan fingerprint density at radius 1 is 1.04 bits per heavy atom. The number of ether oxygens (including phenoxy) is 1. The van der Waals surface area contributed by atoms with Crippen molar-refractivity contribution in [2.24, 2.45) is 0 Å². The van der Waals surface area contributed by atoms with Gasteiger partial charge in [0, 0.05) is 26.2 Å². The number of nitriles is 1. The summed E-state index contributed by atoms with van der Waals surface area (Å²) in [6, 6.07) is 19.9. The van der Waals surface area contributed by atoms with Gasteiger partial charge in [-0.1, -0.05) is 42.5 Å². The fourth-order valence-electron chi connectivity index (χ4n) is 3.90. The van der Waals surface area contributed by atoms with E-state index in [1.807, 2.05) is 59.5 Å². The average molecular weight is 347 g/mol. The molecule has 2 aromatic rings. The minimum atomic E-state index is -0.237. The third-order valence-electron chi connectivity index (χ3n) is 5.34. The first kappa shape index (κ1) is 16.6. The number of nitrogens with zero attached hydrogens (tertiary/aromatic N) is 3. The summed E-state index contributed by atoms with van der Waals surface area (Å²) in [6.45, 7) is 3.61. The zero-order valence-electron chi connectivity index (χ0n) is 14.6. The van der Waals surface area contributed by atoms with Gasteiger partial charge in [-0.05, 0) is 29.7 Å². The van der Waals surface area contributed by atoms with Crippen molar-refractivity contribution in [1.29, 1.82) is 5.26 Å². The number of rotatable bonds is 4. The first-order valence-corrected chi connectivity index (χ1v) is 8.88. The third kappa shape index (κ3) is 3.16. The maximum atomic E-state index is 12.3. The molecule has 1 spiro atoms. The van der Waals surface area contributed by atoms with Crippen LogP contribution in [0.1, 0.15) is 23.1 Å². The van der Waals surface area contributed by atoms with E-state index in [1.54, 1.807) is 0 Å². The molecule has 0 saturated carbocycles. The first-order chi connectivity index (χ1) is 12.7. The molecule has 0 bridgehead atoms. The van der Waals surface area contributed by atoms with Gasteiger partial charge in [0.1, 0.15) is 6.61 Å². The van der Waals surface area contributed by atoms with E-state index in [2.05, 4.69) is 11.0 Å². The lowest BCUT2D eigenvalue weighted by molar-refractivity contribution is 0.145. The number of amides is 1. The second-order valence-corrected chi connectivity index (χ2v) is 7.12. The Labute approximate surface area is 153 Å². The summed E-state index contributed by atoms with van der Waals surface area (Å²) in [5, 5.41) is 8.92. The topological polar surface area (TPSA) is 56.6 Å². The van der Waals surface area contributed by atoms with Crippen LogP contribution in [-0.4, -0.2) is 41.1 Å². The Hall–Kier alpha value is -2.84. The highest BCUT2D eigenvalue weighted by Crippen LogP contribution is 2.35. The Bertz CT molecular complexity index is 829. The molecule has 132 valence electrons. The molecule has 2 saturated heterocycles. The summed E-state index contributed by atoms with van der Waals surface area (Å²) in [5.41, 5.74) is 2.74. The maximum absolute atomic E-state index is 12.3. The summed E-state index contributed by atoms with van der Waals surface area (Å²) in [5.74, 6) is 0. The van der Waals surface area contributed by atoms with Gasteiger partial charge in [-0.15, -0.1) is 0 Å². The van der Waals surface area contributed by atoms with Crippen LogP contribution in [0.15, 0.2) is 54.6 Å². The molecule has 1 atom stereocenters. The van der Waals surface area contributed by atoms with Crippen LogP contribution in [0.4, 0.5) is 4.79 Å². The zero-order chi connectivity index (χ0) is 18.0. The molecule has 26 heavy (non-hydrogen) atoms. The van der Waals surface area contributed by atoms with Crippen molar-refractivity contribution >= 4 is 6.09 Å². The largest absolute Gasteiger partial charge is 0.447 e. The standard InChI is InChI=1S/C21H21N3O2/c22-12-17-6-8-19(9-7-17)13-23-11-10-21(15-23)16-26-20(25)24(21)14-18-4-2-1-3-5-18/h1-9H,10-11,13-16H2. The normalized spacial score (nSPS) is 22.6. The highest BCUT2D eigenvalue weighted by atomic mass is 16.6. The van der Waals surface area contributed by atoms with Crippen LogP contribution in [0.3, 0.4) is 0 Å². The van der Waals surface area contributed by atoms with Gasteiger partial charge in [0.15, 0.2) is 0 Å². The smallest absolute Gasteiger partial charge is 0.410 e. The SMILES string of the molecule is N#Cc1ccc(CN2CCC3(COC(=O)N3Cc3ccccc3)C2)cc1. The molecule has 2 aromatic carbocycles. The molecular weight excluding hydrogens is 326 g/mol. The van der Waals surface area contributed by atoms with Gasteiger partial charge >= 0.3 is 6.09 Å². The van der Waals surface area contributed by atoms with Crippen LogP contribution < -0.4 is 0 Å². The predicted octanol–water partition coefficient (Wildman–Crippen LogP) is 3.16. The van der Waals surface area contributed by atoms with Gasteiger partial charge in [0.05, 0.1) is 17.2 Å². The number of hydrogen-bond donors (Lipinski definition) is 0. The molecule has 5 heteroatoms. The molecule has 2 aliphatic heterocycles. The van der Waals surface area contributed by atoms with Crippen molar-refractivity contribution in [3.63, 3.8) is 0 Å². The molecule has 1 unspecified atom stereocenters. The molecular formula is C21H21N3O2. The van der Waals surface area contributed by atoms with E-state index in [4.69, 9.17) is 10.00 Å². The van der Waals surface area contributed by atoms with Gasteiger partial charge in [-0.3, -0.25) is 9.80 Å². The van der Waals surface area contributed by atoms with Crippen LogP contribution in [0, 0.1) is 11.3 Å². The van der Waals surface area contributed by atoms with Crippen molar-refractivity contribution in [2.75, 3.05) is 19.7 Å². The lowest BCUT2D eigenvalue weighted by atomic mass is 9.98. The fourth-order valence-corrected chi connectivity index (χ4v) is 3.90. The molecule has 1 amide bonds. The summed E-state index contributed by atoms with van der Waals surface area (Å²) < 4.78 is 5.43. The Balaban J connectivity index is 1.46.